The van der Waals surface area contributed by atoms with Crippen molar-refractivity contribution < 1.29 is 9.21 Å². The van der Waals surface area contributed by atoms with Gasteiger partial charge in [-0.25, -0.2) is 4.79 Å². The number of aromatic nitrogens is 1. The van der Waals surface area contributed by atoms with Gasteiger partial charge in [-0.2, -0.15) is 0 Å². The molecule has 0 bridgehead atoms. The minimum absolute atomic E-state index is 0.0519. The molecule has 1 amide bonds. The van der Waals surface area contributed by atoms with E-state index >= 15 is 0 Å². The van der Waals surface area contributed by atoms with Crippen molar-refractivity contribution in [3.05, 3.63) is 119 Å². The molecule has 2 heterocycles. The molecule has 0 aliphatic heterocycles. The molecular weight excluding hydrogens is 438 g/mol. The van der Waals surface area contributed by atoms with Crippen LogP contribution in [0.25, 0.3) is 21.9 Å². The summed E-state index contributed by atoms with van der Waals surface area (Å²) >= 11 is 0. The summed E-state index contributed by atoms with van der Waals surface area (Å²) in [5.41, 5.74) is 3.25. The standard InChI is InChI=1S/C29H25N3O3/c33-27-19-25(23-13-4-5-15-26(23)35-27)30-17-8-18-32(20-21-9-2-1-3-10-21)29(34)24-14-6-11-22-12-7-16-31-28(22)24/h1-7,9-16,19,30H,8,17-18,20H2. The predicted molar refractivity (Wildman–Crippen MR) is 139 cm³/mol. The topological polar surface area (TPSA) is 75.4 Å². The Kier molecular flexibility index (Phi) is 6.52. The summed E-state index contributed by atoms with van der Waals surface area (Å²) in [6, 6.07) is 28.4. The Hall–Kier alpha value is -4.45. The van der Waals surface area contributed by atoms with Gasteiger partial charge in [-0.05, 0) is 36.2 Å². The summed E-state index contributed by atoms with van der Waals surface area (Å²) in [6.07, 6.45) is 2.41. The Morgan fingerprint density at radius 1 is 0.914 bits per heavy atom. The summed E-state index contributed by atoms with van der Waals surface area (Å²) < 4.78 is 5.27. The molecule has 6 heteroatoms. The first kappa shape index (κ1) is 22.3. The van der Waals surface area contributed by atoms with Crippen molar-refractivity contribution in [1.29, 1.82) is 0 Å². The molecule has 0 radical (unpaired) electrons. The molecule has 174 valence electrons. The zero-order valence-electron chi connectivity index (χ0n) is 19.2. The van der Waals surface area contributed by atoms with Gasteiger partial charge >= 0.3 is 5.63 Å². The number of fused-ring (bicyclic) bond motifs is 2. The molecule has 2 aromatic heterocycles. The number of hydrogen-bond donors (Lipinski definition) is 1. The molecule has 0 atom stereocenters. The number of pyridine rings is 1. The summed E-state index contributed by atoms with van der Waals surface area (Å²) in [5.74, 6) is -0.0519. The molecule has 3 aromatic carbocycles. The van der Waals surface area contributed by atoms with Crippen LogP contribution in [0.15, 0.2) is 106 Å². The van der Waals surface area contributed by atoms with Crippen molar-refractivity contribution in [2.75, 3.05) is 18.4 Å². The van der Waals surface area contributed by atoms with Gasteiger partial charge in [0.15, 0.2) is 0 Å². The molecular formula is C29H25N3O3. The van der Waals surface area contributed by atoms with E-state index in [0.717, 1.165) is 22.0 Å². The first-order chi connectivity index (χ1) is 17.2. The number of amides is 1. The van der Waals surface area contributed by atoms with Gasteiger partial charge < -0.3 is 14.6 Å². The second kappa shape index (κ2) is 10.2. The third kappa shape index (κ3) is 5.06. The van der Waals surface area contributed by atoms with Crippen LogP contribution in [0.2, 0.25) is 0 Å². The molecule has 0 saturated carbocycles. The highest BCUT2D eigenvalue weighted by atomic mass is 16.4. The number of anilines is 1. The summed E-state index contributed by atoms with van der Waals surface area (Å²) in [4.78, 5) is 31.9. The van der Waals surface area contributed by atoms with Crippen molar-refractivity contribution in [2.45, 2.75) is 13.0 Å². The van der Waals surface area contributed by atoms with Crippen LogP contribution in [0.4, 0.5) is 5.69 Å². The van der Waals surface area contributed by atoms with Crippen LogP contribution in [0.1, 0.15) is 22.3 Å². The van der Waals surface area contributed by atoms with Crippen molar-refractivity contribution in [1.82, 2.24) is 9.88 Å². The second-order valence-corrected chi connectivity index (χ2v) is 8.35. The van der Waals surface area contributed by atoms with Crippen LogP contribution >= 0.6 is 0 Å². The predicted octanol–water partition coefficient (Wildman–Crippen LogP) is 5.49. The first-order valence-corrected chi connectivity index (χ1v) is 11.6. The van der Waals surface area contributed by atoms with Crippen LogP contribution in [0.3, 0.4) is 0 Å². The van der Waals surface area contributed by atoms with E-state index in [4.69, 9.17) is 4.42 Å². The molecule has 0 unspecified atom stereocenters. The normalized spacial score (nSPS) is 11.0. The van der Waals surface area contributed by atoms with Gasteiger partial charge in [-0.15, -0.1) is 0 Å². The van der Waals surface area contributed by atoms with E-state index in [0.29, 0.717) is 42.7 Å². The van der Waals surface area contributed by atoms with Crippen LogP contribution in [-0.4, -0.2) is 28.9 Å². The Labute approximate surface area is 202 Å². The average Bonchev–Trinajstić information content (AvgIpc) is 2.90. The lowest BCUT2D eigenvalue weighted by Gasteiger charge is -2.24. The number of carbonyl (C=O) groups is 1. The van der Waals surface area contributed by atoms with E-state index in [1.165, 1.54) is 6.07 Å². The molecule has 0 aliphatic rings. The van der Waals surface area contributed by atoms with Gasteiger partial charge in [0.1, 0.15) is 5.58 Å². The molecule has 5 rings (SSSR count). The second-order valence-electron chi connectivity index (χ2n) is 8.35. The van der Waals surface area contributed by atoms with Crippen molar-refractivity contribution in [2.24, 2.45) is 0 Å². The highest BCUT2D eigenvalue weighted by Gasteiger charge is 2.19. The van der Waals surface area contributed by atoms with Crippen LogP contribution < -0.4 is 10.9 Å². The number of hydrogen-bond acceptors (Lipinski definition) is 5. The lowest BCUT2D eigenvalue weighted by molar-refractivity contribution is 0.0744. The molecule has 0 saturated heterocycles. The van der Waals surface area contributed by atoms with Crippen LogP contribution in [0.5, 0.6) is 0 Å². The lowest BCUT2D eigenvalue weighted by Crippen LogP contribution is -2.32. The minimum atomic E-state index is -0.393. The van der Waals surface area contributed by atoms with Crippen molar-refractivity contribution in [3.63, 3.8) is 0 Å². The number of rotatable bonds is 8. The SMILES string of the molecule is O=C(c1cccc2cccnc12)N(CCCNc1cc(=O)oc2ccccc12)Cc1ccccc1. The van der Waals surface area contributed by atoms with Gasteiger partial charge in [-0.1, -0.05) is 60.7 Å². The number of benzene rings is 3. The maximum atomic E-state index is 13.7. The Bertz CT molecular complexity index is 1520. The largest absolute Gasteiger partial charge is 0.423 e. The van der Waals surface area contributed by atoms with Crippen LogP contribution in [-0.2, 0) is 6.54 Å². The highest BCUT2D eigenvalue weighted by molar-refractivity contribution is 6.05. The third-order valence-corrected chi connectivity index (χ3v) is 5.94. The zero-order valence-corrected chi connectivity index (χ0v) is 19.2. The van der Waals surface area contributed by atoms with E-state index in [-0.39, 0.29) is 5.91 Å². The number of nitrogens with one attached hydrogen (secondary N) is 1. The molecule has 0 aliphatic carbocycles. The monoisotopic (exact) mass is 463 g/mol. The Morgan fingerprint density at radius 2 is 1.71 bits per heavy atom. The number of nitrogens with zero attached hydrogens (tertiary/aromatic N) is 2. The summed E-state index contributed by atoms with van der Waals surface area (Å²) in [7, 11) is 0. The van der Waals surface area contributed by atoms with Crippen molar-refractivity contribution >= 4 is 33.5 Å². The fourth-order valence-corrected chi connectivity index (χ4v) is 4.25. The van der Waals surface area contributed by atoms with Crippen LogP contribution in [0, 0.1) is 0 Å². The van der Waals surface area contributed by atoms with E-state index in [1.54, 1.807) is 12.3 Å². The first-order valence-electron chi connectivity index (χ1n) is 11.6. The van der Waals surface area contributed by atoms with E-state index in [1.807, 2.05) is 83.8 Å². The quantitative estimate of drug-likeness (QED) is 0.243. The third-order valence-electron chi connectivity index (χ3n) is 5.94. The Balaban J connectivity index is 1.34. The lowest BCUT2D eigenvalue weighted by atomic mass is 10.1. The number of carbonyl (C=O) groups excluding carboxylic acids is 1. The fraction of sp³-hybridized carbons (Fsp3) is 0.138. The van der Waals surface area contributed by atoms with E-state index < -0.39 is 5.63 Å². The molecule has 5 aromatic rings. The van der Waals surface area contributed by atoms with Gasteiger partial charge in [0.05, 0.1) is 16.8 Å². The zero-order chi connectivity index (χ0) is 24.0. The van der Waals surface area contributed by atoms with E-state index in [9.17, 15) is 9.59 Å². The molecule has 35 heavy (non-hydrogen) atoms. The highest BCUT2D eigenvalue weighted by Crippen LogP contribution is 2.22. The Morgan fingerprint density at radius 3 is 2.60 bits per heavy atom. The molecule has 0 fully saturated rings. The maximum absolute atomic E-state index is 13.7. The smallest absolute Gasteiger partial charge is 0.338 e. The van der Waals surface area contributed by atoms with Gasteiger partial charge in [0.25, 0.3) is 5.91 Å². The fourth-order valence-electron chi connectivity index (χ4n) is 4.25. The average molecular weight is 464 g/mol. The van der Waals surface area contributed by atoms with Gasteiger partial charge in [0, 0.05) is 42.7 Å². The molecule has 6 nitrogen and oxygen atoms in total. The number of para-hydroxylation sites is 2. The maximum Gasteiger partial charge on any atom is 0.338 e. The van der Waals surface area contributed by atoms with Gasteiger partial charge in [-0.3, -0.25) is 9.78 Å². The minimum Gasteiger partial charge on any atom is -0.423 e. The molecule has 0 spiro atoms. The summed E-state index contributed by atoms with van der Waals surface area (Å²) in [5, 5.41) is 5.14. The van der Waals surface area contributed by atoms with Gasteiger partial charge in [0.2, 0.25) is 0 Å². The summed E-state index contributed by atoms with van der Waals surface area (Å²) in [6.45, 7) is 1.64. The van der Waals surface area contributed by atoms with E-state index in [2.05, 4.69) is 10.3 Å². The van der Waals surface area contributed by atoms with Crippen molar-refractivity contribution in [3.8, 4) is 0 Å². The molecule has 1 N–H and O–H groups in total.